The molecule has 0 aromatic heterocycles. The van der Waals surface area contributed by atoms with Crippen molar-refractivity contribution in [1.29, 1.82) is 0 Å². The number of rotatable bonds is 3. The summed E-state index contributed by atoms with van der Waals surface area (Å²) < 4.78 is 10.6. The highest BCUT2D eigenvalue weighted by molar-refractivity contribution is 5.91. The first-order chi connectivity index (χ1) is 8.70. The Morgan fingerprint density at radius 3 is 2.72 bits per heavy atom. The van der Waals surface area contributed by atoms with Crippen LogP contribution in [0.2, 0.25) is 0 Å². The van der Waals surface area contributed by atoms with Gasteiger partial charge in [0.15, 0.2) is 0 Å². The second-order valence-corrected chi connectivity index (χ2v) is 4.17. The molecular weight excluding hydrogens is 232 g/mol. The summed E-state index contributed by atoms with van der Waals surface area (Å²) in [6, 6.07) is 5.80. The number of nitrogens with one attached hydrogen (secondary N) is 1. The predicted molar refractivity (Wildman–Crippen MR) is 70.3 cm³/mol. The number of nitrogens with zero attached hydrogens (tertiary/aromatic N) is 1. The number of anilines is 2. The topological polar surface area (TPSA) is 50.8 Å². The van der Waals surface area contributed by atoms with Gasteiger partial charge in [-0.1, -0.05) is 0 Å². The molecule has 1 saturated heterocycles. The third-order valence-corrected chi connectivity index (χ3v) is 2.87. The van der Waals surface area contributed by atoms with Gasteiger partial charge in [0.25, 0.3) is 0 Å². The molecule has 18 heavy (non-hydrogen) atoms. The number of carbonyl (C=O) groups is 1. The van der Waals surface area contributed by atoms with Crippen molar-refractivity contribution in [1.82, 2.24) is 0 Å². The zero-order valence-corrected chi connectivity index (χ0v) is 10.7. The van der Waals surface area contributed by atoms with E-state index < -0.39 is 0 Å². The van der Waals surface area contributed by atoms with Crippen LogP contribution in [0.3, 0.4) is 0 Å². The molecule has 1 heterocycles. The lowest BCUT2D eigenvalue weighted by molar-refractivity contribution is -0.114. The second-order valence-electron chi connectivity index (χ2n) is 4.17. The monoisotopic (exact) mass is 250 g/mol. The molecular formula is C13H18N2O3. The van der Waals surface area contributed by atoms with E-state index in [0.717, 1.165) is 32.0 Å². The SMILES string of the molecule is COc1ccc(N2CCOCC2)cc1NC(C)=O. The van der Waals surface area contributed by atoms with Crippen molar-refractivity contribution in [2.24, 2.45) is 0 Å². The molecule has 1 aliphatic rings. The van der Waals surface area contributed by atoms with Crippen LogP contribution in [0, 0.1) is 0 Å². The van der Waals surface area contributed by atoms with Gasteiger partial charge in [-0.05, 0) is 18.2 Å². The quantitative estimate of drug-likeness (QED) is 0.883. The molecule has 0 radical (unpaired) electrons. The summed E-state index contributed by atoms with van der Waals surface area (Å²) in [6.45, 7) is 4.70. The Bertz CT molecular complexity index is 428. The van der Waals surface area contributed by atoms with Crippen LogP contribution in [0.15, 0.2) is 18.2 Å². The highest BCUT2D eigenvalue weighted by Gasteiger charge is 2.13. The molecule has 0 saturated carbocycles. The highest BCUT2D eigenvalue weighted by atomic mass is 16.5. The van der Waals surface area contributed by atoms with E-state index in [1.54, 1.807) is 7.11 Å². The van der Waals surface area contributed by atoms with Gasteiger partial charge in [0.1, 0.15) is 5.75 Å². The molecule has 1 N–H and O–H groups in total. The summed E-state index contributed by atoms with van der Waals surface area (Å²) in [4.78, 5) is 13.4. The minimum Gasteiger partial charge on any atom is -0.495 e. The van der Waals surface area contributed by atoms with E-state index >= 15 is 0 Å². The maximum atomic E-state index is 11.2. The Kier molecular flexibility index (Phi) is 4.04. The van der Waals surface area contributed by atoms with Crippen LogP contribution >= 0.6 is 0 Å². The number of methoxy groups -OCH3 is 1. The Morgan fingerprint density at radius 1 is 1.39 bits per heavy atom. The number of amides is 1. The van der Waals surface area contributed by atoms with Crippen molar-refractivity contribution in [2.45, 2.75) is 6.92 Å². The first kappa shape index (κ1) is 12.7. The highest BCUT2D eigenvalue weighted by Crippen LogP contribution is 2.29. The van der Waals surface area contributed by atoms with Crippen LogP contribution in [0.1, 0.15) is 6.92 Å². The summed E-state index contributed by atoms with van der Waals surface area (Å²) in [5.74, 6) is 0.564. The van der Waals surface area contributed by atoms with Gasteiger partial charge in [-0.3, -0.25) is 4.79 Å². The molecule has 98 valence electrons. The molecule has 0 spiro atoms. The third kappa shape index (κ3) is 2.92. The fourth-order valence-corrected chi connectivity index (χ4v) is 2.00. The Morgan fingerprint density at radius 2 is 2.11 bits per heavy atom. The van der Waals surface area contributed by atoms with Crippen LogP contribution in [0.4, 0.5) is 11.4 Å². The third-order valence-electron chi connectivity index (χ3n) is 2.87. The van der Waals surface area contributed by atoms with Gasteiger partial charge in [-0.2, -0.15) is 0 Å². The van der Waals surface area contributed by atoms with Crippen LogP contribution in [0.25, 0.3) is 0 Å². The van der Waals surface area contributed by atoms with Crippen LogP contribution in [-0.2, 0) is 9.53 Å². The average Bonchev–Trinajstić information content (AvgIpc) is 2.39. The standard InChI is InChI=1S/C13H18N2O3/c1-10(16)14-12-9-11(3-4-13(12)17-2)15-5-7-18-8-6-15/h3-4,9H,5-8H2,1-2H3,(H,14,16). The lowest BCUT2D eigenvalue weighted by Gasteiger charge is -2.29. The number of morpholine rings is 1. The molecule has 1 aliphatic heterocycles. The van der Waals surface area contributed by atoms with Crippen molar-refractivity contribution >= 4 is 17.3 Å². The summed E-state index contributed by atoms with van der Waals surface area (Å²) in [7, 11) is 1.59. The summed E-state index contributed by atoms with van der Waals surface area (Å²) in [6.07, 6.45) is 0. The maximum absolute atomic E-state index is 11.2. The summed E-state index contributed by atoms with van der Waals surface area (Å²) >= 11 is 0. The van der Waals surface area contributed by atoms with Gasteiger partial charge >= 0.3 is 0 Å². The normalized spacial score (nSPS) is 15.3. The average molecular weight is 250 g/mol. The Hall–Kier alpha value is -1.75. The summed E-state index contributed by atoms with van der Waals surface area (Å²) in [5.41, 5.74) is 1.77. The van der Waals surface area contributed by atoms with E-state index in [9.17, 15) is 4.79 Å². The maximum Gasteiger partial charge on any atom is 0.221 e. The number of ether oxygens (including phenoxy) is 2. The van der Waals surface area contributed by atoms with Crippen molar-refractivity contribution in [3.63, 3.8) is 0 Å². The smallest absolute Gasteiger partial charge is 0.221 e. The first-order valence-electron chi connectivity index (χ1n) is 5.99. The first-order valence-corrected chi connectivity index (χ1v) is 5.99. The molecule has 0 unspecified atom stereocenters. The zero-order chi connectivity index (χ0) is 13.0. The molecule has 0 atom stereocenters. The Balaban J connectivity index is 2.23. The van der Waals surface area contributed by atoms with Crippen LogP contribution in [0.5, 0.6) is 5.75 Å². The Labute approximate surface area is 107 Å². The molecule has 5 heteroatoms. The molecule has 1 fully saturated rings. The van der Waals surface area contributed by atoms with Crippen molar-refractivity contribution in [3.05, 3.63) is 18.2 Å². The van der Waals surface area contributed by atoms with E-state index in [4.69, 9.17) is 9.47 Å². The molecule has 0 aliphatic carbocycles. The molecule has 1 aromatic carbocycles. The van der Waals surface area contributed by atoms with E-state index in [2.05, 4.69) is 10.2 Å². The minimum absolute atomic E-state index is 0.104. The van der Waals surface area contributed by atoms with E-state index in [1.165, 1.54) is 6.92 Å². The number of carbonyl (C=O) groups excluding carboxylic acids is 1. The van der Waals surface area contributed by atoms with E-state index in [1.807, 2.05) is 18.2 Å². The number of hydrogen-bond donors (Lipinski definition) is 1. The lowest BCUT2D eigenvalue weighted by atomic mass is 10.2. The zero-order valence-electron chi connectivity index (χ0n) is 10.7. The molecule has 2 rings (SSSR count). The van der Waals surface area contributed by atoms with Gasteiger partial charge in [-0.25, -0.2) is 0 Å². The molecule has 0 bridgehead atoms. The fourth-order valence-electron chi connectivity index (χ4n) is 2.00. The fraction of sp³-hybridized carbons (Fsp3) is 0.462. The van der Waals surface area contributed by atoms with Crippen molar-refractivity contribution in [3.8, 4) is 5.75 Å². The van der Waals surface area contributed by atoms with Gasteiger partial charge in [0, 0.05) is 25.7 Å². The molecule has 1 aromatic rings. The van der Waals surface area contributed by atoms with Gasteiger partial charge in [0.05, 0.1) is 26.0 Å². The molecule has 1 amide bonds. The number of hydrogen-bond acceptors (Lipinski definition) is 4. The lowest BCUT2D eigenvalue weighted by Crippen LogP contribution is -2.36. The van der Waals surface area contributed by atoms with E-state index in [0.29, 0.717) is 11.4 Å². The number of benzene rings is 1. The van der Waals surface area contributed by atoms with Crippen molar-refractivity contribution in [2.75, 3.05) is 43.6 Å². The minimum atomic E-state index is -0.104. The van der Waals surface area contributed by atoms with Crippen LogP contribution in [-0.4, -0.2) is 39.3 Å². The van der Waals surface area contributed by atoms with Gasteiger partial charge in [0.2, 0.25) is 5.91 Å². The van der Waals surface area contributed by atoms with Crippen LogP contribution < -0.4 is 15.0 Å². The van der Waals surface area contributed by atoms with Gasteiger partial charge < -0.3 is 19.7 Å². The predicted octanol–water partition coefficient (Wildman–Crippen LogP) is 1.49. The largest absolute Gasteiger partial charge is 0.495 e. The molecule has 5 nitrogen and oxygen atoms in total. The van der Waals surface area contributed by atoms with E-state index in [-0.39, 0.29) is 5.91 Å². The summed E-state index contributed by atoms with van der Waals surface area (Å²) in [5, 5.41) is 2.78. The van der Waals surface area contributed by atoms with Crippen molar-refractivity contribution < 1.29 is 14.3 Å². The van der Waals surface area contributed by atoms with Gasteiger partial charge in [-0.15, -0.1) is 0 Å². The second kappa shape index (κ2) is 5.73.